The van der Waals surface area contributed by atoms with Gasteiger partial charge in [0.2, 0.25) is 0 Å². The van der Waals surface area contributed by atoms with Crippen LogP contribution in [0.3, 0.4) is 0 Å². The second-order valence-electron chi connectivity index (χ2n) is 2.29. The lowest BCUT2D eigenvalue weighted by molar-refractivity contribution is 1.28. The van der Waals surface area contributed by atoms with Gasteiger partial charge in [0.1, 0.15) is 5.69 Å². The van der Waals surface area contributed by atoms with Crippen molar-refractivity contribution in [2.24, 2.45) is 0 Å². The number of hydrogen-bond donors (Lipinski definition) is 1. The highest BCUT2D eigenvalue weighted by molar-refractivity contribution is 8.93. The molecule has 0 atom stereocenters. The van der Waals surface area contributed by atoms with E-state index >= 15 is 0 Å². The Labute approximate surface area is 90.4 Å². The zero-order valence-corrected chi connectivity index (χ0v) is 9.20. The number of anilines is 1. The van der Waals surface area contributed by atoms with Crippen molar-refractivity contribution in [2.75, 3.05) is 5.73 Å². The van der Waals surface area contributed by atoms with E-state index < -0.39 is 0 Å². The van der Waals surface area contributed by atoms with E-state index in [9.17, 15) is 0 Å². The molecule has 0 radical (unpaired) electrons. The van der Waals surface area contributed by atoms with Crippen LogP contribution in [0.15, 0.2) is 29.8 Å². The summed E-state index contributed by atoms with van der Waals surface area (Å²) >= 11 is 1.43. The number of nitrogen functional groups attached to an aromatic ring is 1. The van der Waals surface area contributed by atoms with Crippen LogP contribution in [0, 0.1) is 0 Å². The van der Waals surface area contributed by atoms with Crippen LogP contribution < -0.4 is 5.73 Å². The molecular formula is C8H8BrN3S. The lowest BCUT2D eigenvalue weighted by Crippen LogP contribution is -1.84. The van der Waals surface area contributed by atoms with Gasteiger partial charge in [-0.3, -0.25) is 4.98 Å². The maximum absolute atomic E-state index is 5.50. The molecule has 3 nitrogen and oxygen atoms in total. The SMILES string of the molecule is Br.Nc1nc(-c2ccccn2)cs1. The Balaban J connectivity index is 0.000000845. The third kappa shape index (κ3) is 2.26. The maximum atomic E-state index is 5.50. The van der Waals surface area contributed by atoms with Crippen LogP contribution in [0.4, 0.5) is 5.13 Å². The van der Waals surface area contributed by atoms with Gasteiger partial charge in [-0.25, -0.2) is 4.98 Å². The fourth-order valence-corrected chi connectivity index (χ4v) is 1.48. The quantitative estimate of drug-likeness (QED) is 0.854. The van der Waals surface area contributed by atoms with Gasteiger partial charge in [-0.1, -0.05) is 6.07 Å². The first-order valence-electron chi connectivity index (χ1n) is 3.48. The van der Waals surface area contributed by atoms with Crippen LogP contribution in [-0.2, 0) is 0 Å². The number of halogens is 1. The minimum Gasteiger partial charge on any atom is -0.375 e. The molecule has 2 rings (SSSR count). The predicted octanol–water partition coefficient (Wildman–Crippen LogP) is 2.37. The summed E-state index contributed by atoms with van der Waals surface area (Å²) in [5.41, 5.74) is 7.21. The van der Waals surface area contributed by atoms with Gasteiger partial charge in [0.15, 0.2) is 5.13 Å². The second kappa shape index (κ2) is 4.34. The first-order valence-corrected chi connectivity index (χ1v) is 4.36. The monoisotopic (exact) mass is 257 g/mol. The zero-order valence-electron chi connectivity index (χ0n) is 6.68. The molecule has 68 valence electrons. The van der Waals surface area contributed by atoms with Crippen molar-refractivity contribution in [2.45, 2.75) is 0 Å². The van der Waals surface area contributed by atoms with E-state index in [-0.39, 0.29) is 17.0 Å². The van der Waals surface area contributed by atoms with Crippen molar-refractivity contribution in [1.29, 1.82) is 0 Å². The van der Waals surface area contributed by atoms with E-state index in [0.29, 0.717) is 5.13 Å². The molecule has 2 aromatic rings. The summed E-state index contributed by atoms with van der Waals surface area (Å²) in [7, 11) is 0. The van der Waals surface area contributed by atoms with Crippen molar-refractivity contribution >= 4 is 33.4 Å². The normalized spacial score (nSPS) is 9.23. The van der Waals surface area contributed by atoms with Gasteiger partial charge in [-0.15, -0.1) is 28.3 Å². The summed E-state index contributed by atoms with van der Waals surface area (Å²) in [6, 6.07) is 5.71. The molecule has 5 heteroatoms. The average Bonchev–Trinajstić information content (AvgIpc) is 2.54. The molecule has 0 unspecified atom stereocenters. The lowest BCUT2D eigenvalue weighted by atomic mass is 10.3. The minimum absolute atomic E-state index is 0. The average molecular weight is 258 g/mol. The molecule has 2 aromatic heterocycles. The van der Waals surface area contributed by atoms with Crippen molar-refractivity contribution in [1.82, 2.24) is 9.97 Å². The van der Waals surface area contributed by atoms with Gasteiger partial charge in [-0.05, 0) is 12.1 Å². The summed E-state index contributed by atoms with van der Waals surface area (Å²) in [5.74, 6) is 0. The molecule has 2 N–H and O–H groups in total. The fraction of sp³-hybridized carbons (Fsp3) is 0. The molecule has 0 saturated heterocycles. The maximum Gasteiger partial charge on any atom is 0.180 e. The van der Waals surface area contributed by atoms with Crippen molar-refractivity contribution in [3.63, 3.8) is 0 Å². The molecule has 0 fully saturated rings. The molecule has 0 aromatic carbocycles. The molecule has 0 aliphatic rings. The molecule has 0 aliphatic carbocycles. The van der Waals surface area contributed by atoms with Crippen LogP contribution in [0.25, 0.3) is 11.4 Å². The van der Waals surface area contributed by atoms with Gasteiger partial charge >= 0.3 is 0 Å². The van der Waals surface area contributed by atoms with Crippen LogP contribution in [0.5, 0.6) is 0 Å². The molecule has 0 bridgehead atoms. The Kier molecular flexibility index (Phi) is 3.39. The molecule has 0 aliphatic heterocycles. The van der Waals surface area contributed by atoms with E-state index in [4.69, 9.17) is 5.73 Å². The highest BCUT2D eigenvalue weighted by atomic mass is 79.9. The van der Waals surface area contributed by atoms with Crippen LogP contribution in [0.1, 0.15) is 0 Å². The van der Waals surface area contributed by atoms with Crippen molar-refractivity contribution in [3.05, 3.63) is 29.8 Å². The second-order valence-corrected chi connectivity index (χ2v) is 3.18. The van der Waals surface area contributed by atoms with Gasteiger partial charge < -0.3 is 5.73 Å². The molecule has 0 spiro atoms. The Morgan fingerprint density at radius 3 is 2.62 bits per heavy atom. The van der Waals surface area contributed by atoms with E-state index in [1.165, 1.54) is 11.3 Å². The Morgan fingerprint density at radius 2 is 2.08 bits per heavy atom. The number of nitrogens with two attached hydrogens (primary N) is 1. The highest BCUT2D eigenvalue weighted by Gasteiger charge is 2.01. The van der Waals surface area contributed by atoms with Gasteiger partial charge in [-0.2, -0.15) is 0 Å². The van der Waals surface area contributed by atoms with Gasteiger partial charge in [0.05, 0.1) is 5.69 Å². The number of pyridine rings is 1. The Morgan fingerprint density at radius 1 is 1.23 bits per heavy atom. The van der Waals surface area contributed by atoms with Crippen molar-refractivity contribution < 1.29 is 0 Å². The first kappa shape index (κ1) is 10.1. The fourth-order valence-electron chi connectivity index (χ4n) is 0.920. The summed E-state index contributed by atoms with van der Waals surface area (Å²) in [6.45, 7) is 0. The molecule has 13 heavy (non-hydrogen) atoms. The number of rotatable bonds is 1. The number of nitrogens with zero attached hydrogens (tertiary/aromatic N) is 2. The smallest absolute Gasteiger partial charge is 0.180 e. The summed E-state index contributed by atoms with van der Waals surface area (Å²) in [4.78, 5) is 8.27. The van der Waals surface area contributed by atoms with E-state index in [2.05, 4.69) is 9.97 Å². The third-order valence-electron chi connectivity index (χ3n) is 1.45. The summed E-state index contributed by atoms with van der Waals surface area (Å²) in [6.07, 6.45) is 1.74. The van der Waals surface area contributed by atoms with Crippen LogP contribution in [-0.4, -0.2) is 9.97 Å². The predicted molar refractivity (Wildman–Crippen MR) is 60.1 cm³/mol. The van der Waals surface area contributed by atoms with Crippen molar-refractivity contribution in [3.8, 4) is 11.4 Å². The molecule has 0 amide bonds. The minimum atomic E-state index is 0. The number of hydrogen-bond acceptors (Lipinski definition) is 4. The summed E-state index contributed by atoms with van der Waals surface area (Å²) in [5, 5.41) is 2.48. The van der Waals surface area contributed by atoms with Gasteiger partial charge in [0.25, 0.3) is 0 Å². The van der Waals surface area contributed by atoms with Crippen LogP contribution in [0.2, 0.25) is 0 Å². The standard InChI is InChI=1S/C8H7N3S.BrH/c9-8-11-7(5-12-8)6-3-1-2-4-10-6;/h1-5H,(H2,9,11);1H. The summed E-state index contributed by atoms with van der Waals surface area (Å²) < 4.78 is 0. The molecule has 2 heterocycles. The topological polar surface area (TPSA) is 51.8 Å². The number of aromatic nitrogens is 2. The Bertz CT molecular complexity index is 374. The Hall–Kier alpha value is -0.940. The number of thiazole rings is 1. The van der Waals surface area contributed by atoms with Crippen LogP contribution >= 0.6 is 28.3 Å². The van der Waals surface area contributed by atoms with E-state index in [1.807, 2.05) is 23.6 Å². The van der Waals surface area contributed by atoms with Gasteiger partial charge in [0, 0.05) is 11.6 Å². The zero-order chi connectivity index (χ0) is 8.39. The third-order valence-corrected chi connectivity index (χ3v) is 2.12. The lowest BCUT2D eigenvalue weighted by Gasteiger charge is -1.91. The molecular weight excluding hydrogens is 250 g/mol. The molecule has 0 saturated carbocycles. The van der Waals surface area contributed by atoms with E-state index in [0.717, 1.165) is 11.4 Å². The first-order chi connectivity index (χ1) is 5.86. The highest BCUT2D eigenvalue weighted by Crippen LogP contribution is 2.20. The van der Waals surface area contributed by atoms with E-state index in [1.54, 1.807) is 6.20 Å². The largest absolute Gasteiger partial charge is 0.375 e.